The number of rotatable bonds is 7. The molecule has 0 spiro atoms. The second-order valence-corrected chi connectivity index (χ2v) is 8.71. The molecule has 1 amide bonds. The smallest absolute Gasteiger partial charge is 0.356 e. The topological polar surface area (TPSA) is 103 Å². The fourth-order valence-corrected chi connectivity index (χ4v) is 3.94. The minimum absolute atomic E-state index is 0. The van der Waals surface area contributed by atoms with E-state index in [0.29, 0.717) is 23.4 Å². The van der Waals surface area contributed by atoms with Crippen LogP contribution in [0.15, 0.2) is 35.3 Å². The number of alkyl halides is 3. The first-order valence-electron chi connectivity index (χ1n) is 9.47. The largest absolute Gasteiger partial charge is 0.511 e. The summed E-state index contributed by atoms with van der Waals surface area (Å²) in [5.74, 6) is 0.274. The van der Waals surface area contributed by atoms with E-state index >= 15 is 0 Å². The fraction of sp³-hybridized carbons (Fsp3) is 0.556. The molecule has 8 nitrogen and oxygen atoms in total. The Morgan fingerprint density at radius 3 is 2.32 bits per heavy atom. The van der Waals surface area contributed by atoms with Crippen LogP contribution >= 0.6 is 24.0 Å². The number of hydrogen-bond donors (Lipinski definition) is 3. The molecule has 1 aromatic rings. The van der Waals surface area contributed by atoms with Crippen molar-refractivity contribution in [1.82, 2.24) is 20.3 Å². The van der Waals surface area contributed by atoms with E-state index in [-0.39, 0.29) is 68.3 Å². The number of nitrogens with zero attached hydrogens (tertiary/aromatic N) is 2. The van der Waals surface area contributed by atoms with Gasteiger partial charge in [0.15, 0.2) is 5.96 Å². The zero-order valence-electron chi connectivity index (χ0n) is 17.0. The molecule has 1 saturated heterocycles. The highest BCUT2D eigenvalue weighted by atomic mass is 127. The van der Waals surface area contributed by atoms with E-state index in [0.717, 1.165) is 5.56 Å². The number of guanidine groups is 1. The monoisotopic (exact) mass is 577 g/mol. The molecule has 0 bridgehead atoms. The molecule has 1 aliphatic heterocycles. The molecule has 13 heteroatoms. The molecule has 0 unspecified atom stereocenters. The third kappa shape index (κ3) is 8.44. The van der Waals surface area contributed by atoms with Crippen molar-refractivity contribution >= 4 is 45.9 Å². The van der Waals surface area contributed by atoms with Crippen LogP contribution in [0.2, 0.25) is 0 Å². The highest BCUT2D eigenvalue weighted by Gasteiger charge is 2.50. The Labute approximate surface area is 197 Å². The minimum Gasteiger partial charge on any atom is -0.356 e. The third-order valence-corrected chi connectivity index (χ3v) is 6.26. The van der Waals surface area contributed by atoms with Gasteiger partial charge in [0.1, 0.15) is 0 Å². The molecule has 176 valence electrons. The lowest BCUT2D eigenvalue weighted by Gasteiger charge is -2.32. The molecule has 1 aromatic carbocycles. The lowest BCUT2D eigenvalue weighted by Crippen LogP contribution is -2.51. The number of carbonyl (C=O) groups excluding carboxylic acids is 1. The Balaban J connectivity index is 0.00000480. The average Bonchev–Trinajstić information content (AvgIpc) is 2.72. The molecule has 0 aromatic heterocycles. The van der Waals surface area contributed by atoms with Gasteiger partial charge in [0.2, 0.25) is 5.91 Å². The van der Waals surface area contributed by atoms with Gasteiger partial charge in [-0.25, -0.2) is 8.42 Å². The van der Waals surface area contributed by atoms with Crippen molar-refractivity contribution in [3.8, 4) is 0 Å². The molecule has 31 heavy (non-hydrogen) atoms. The molecular weight excluding hydrogens is 550 g/mol. The van der Waals surface area contributed by atoms with Gasteiger partial charge in [-0.15, -0.1) is 24.0 Å². The summed E-state index contributed by atoms with van der Waals surface area (Å²) in [6, 6.07) is 9.28. The summed E-state index contributed by atoms with van der Waals surface area (Å²) in [7, 11) is -3.76. The summed E-state index contributed by atoms with van der Waals surface area (Å²) in [6.45, 7) is 0.310. The third-order valence-electron chi connectivity index (χ3n) is 4.63. The van der Waals surface area contributed by atoms with Crippen LogP contribution in [-0.2, 0) is 21.4 Å². The van der Waals surface area contributed by atoms with Gasteiger partial charge in [-0.3, -0.25) is 9.79 Å². The lowest BCUT2D eigenvalue weighted by molar-refractivity contribution is -0.121. The number of piperidine rings is 1. The predicted molar refractivity (Wildman–Crippen MR) is 122 cm³/mol. The zero-order valence-corrected chi connectivity index (χ0v) is 20.1. The van der Waals surface area contributed by atoms with Gasteiger partial charge >= 0.3 is 15.5 Å². The molecule has 0 saturated carbocycles. The van der Waals surface area contributed by atoms with E-state index in [2.05, 4.69) is 20.9 Å². The number of benzene rings is 1. The molecule has 1 fully saturated rings. The van der Waals surface area contributed by atoms with Crippen molar-refractivity contribution in [3.05, 3.63) is 35.9 Å². The SMILES string of the molecule is CN=C(NCCC(=O)NCc1ccccc1)NC1CCN(S(=O)(=O)C(F)(F)F)CC1.I. The van der Waals surface area contributed by atoms with E-state index in [1.807, 2.05) is 30.3 Å². The highest BCUT2D eigenvalue weighted by Crippen LogP contribution is 2.28. The zero-order chi connectivity index (χ0) is 22.2. The molecule has 0 aliphatic carbocycles. The van der Waals surface area contributed by atoms with Crippen LogP contribution in [0.4, 0.5) is 13.2 Å². The van der Waals surface area contributed by atoms with Crippen LogP contribution in [-0.4, -0.2) is 62.8 Å². The molecule has 1 aliphatic rings. The number of carbonyl (C=O) groups is 1. The number of sulfonamides is 1. The van der Waals surface area contributed by atoms with Gasteiger partial charge in [-0.2, -0.15) is 17.5 Å². The summed E-state index contributed by atoms with van der Waals surface area (Å²) in [6.07, 6.45) is 0.650. The number of aliphatic imine (C=N–C) groups is 1. The molecule has 0 radical (unpaired) electrons. The van der Waals surface area contributed by atoms with Gasteiger partial charge < -0.3 is 16.0 Å². The Morgan fingerprint density at radius 1 is 1.16 bits per heavy atom. The molecular formula is C18H27F3IN5O3S. The summed E-state index contributed by atoms with van der Waals surface area (Å²) in [5.41, 5.74) is -4.29. The maximum absolute atomic E-state index is 12.6. The van der Waals surface area contributed by atoms with E-state index in [4.69, 9.17) is 0 Å². The normalized spacial score (nSPS) is 16.3. The number of amides is 1. The van der Waals surface area contributed by atoms with Crippen molar-refractivity contribution in [1.29, 1.82) is 0 Å². The van der Waals surface area contributed by atoms with E-state index in [9.17, 15) is 26.4 Å². The minimum atomic E-state index is -5.29. The fourth-order valence-electron chi connectivity index (χ4n) is 2.95. The highest BCUT2D eigenvalue weighted by molar-refractivity contribution is 14.0. The van der Waals surface area contributed by atoms with Gasteiger partial charge in [0, 0.05) is 45.7 Å². The summed E-state index contributed by atoms with van der Waals surface area (Å²) >= 11 is 0. The molecule has 1 heterocycles. The number of nitrogens with one attached hydrogen (secondary N) is 3. The van der Waals surface area contributed by atoms with E-state index in [1.165, 1.54) is 7.05 Å². The first-order chi connectivity index (χ1) is 14.1. The van der Waals surface area contributed by atoms with Gasteiger partial charge in [-0.05, 0) is 18.4 Å². The van der Waals surface area contributed by atoms with E-state index in [1.54, 1.807) is 0 Å². The van der Waals surface area contributed by atoms with Crippen molar-refractivity contribution < 1.29 is 26.4 Å². The van der Waals surface area contributed by atoms with Crippen molar-refractivity contribution in [3.63, 3.8) is 0 Å². The molecule has 0 atom stereocenters. The summed E-state index contributed by atoms with van der Waals surface area (Å²) < 4.78 is 61.2. The van der Waals surface area contributed by atoms with Crippen molar-refractivity contribution in [2.45, 2.75) is 37.4 Å². The van der Waals surface area contributed by atoms with Crippen LogP contribution in [0, 0.1) is 0 Å². The molecule has 2 rings (SSSR count). The van der Waals surface area contributed by atoms with Gasteiger partial charge in [0.05, 0.1) is 0 Å². The first kappa shape index (κ1) is 27.4. The quantitative estimate of drug-likeness (QED) is 0.261. The van der Waals surface area contributed by atoms with Crippen LogP contribution in [0.3, 0.4) is 0 Å². The summed E-state index contributed by atoms with van der Waals surface area (Å²) in [4.78, 5) is 16.0. The van der Waals surface area contributed by atoms with Crippen LogP contribution in [0.25, 0.3) is 0 Å². The maximum atomic E-state index is 12.6. The van der Waals surface area contributed by atoms with Crippen LogP contribution < -0.4 is 16.0 Å². The van der Waals surface area contributed by atoms with Crippen molar-refractivity contribution in [2.75, 3.05) is 26.7 Å². The Kier molecular flexibility index (Phi) is 11.0. The Morgan fingerprint density at radius 2 is 1.77 bits per heavy atom. The number of hydrogen-bond acceptors (Lipinski definition) is 4. The first-order valence-corrected chi connectivity index (χ1v) is 10.9. The predicted octanol–water partition coefficient (Wildman–Crippen LogP) is 1.79. The maximum Gasteiger partial charge on any atom is 0.511 e. The Hall–Kier alpha value is -1.61. The lowest BCUT2D eigenvalue weighted by atomic mass is 10.1. The van der Waals surface area contributed by atoms with Crippen LogP contribution in [0.1, 0.15) is 24.8 Å². The average molecular weight is 577 g/mol. The van der Waals surface area contributed by atoms with Gasteiger partial charge in [0.25, 0.3) is 0 Å². The van der Waals surface area contributed by atoms with E-state index < -0.39 is 15.5 Å². The van der Waals surface area contributed by atoms with Crippen LogP contribution in [0.5, 0.6) is 0 Å². The van der Waals surface area contributed by atoms with Crippen molar-refractivity contribution in [2.24, 2.45) is 4.99 Å². The standard InChI is InChI=1S/C18H26F3N5O3S.HI/c1-22-17(23-10-7-16(27)24-13-14-5-3-2-4-6-14)25-15-8-11-26(12-9-15)30(28,29)18(19,20)21;/h2-6,15H,7-13H2,1H3,(H,24,27)(H2,22,23,25);1H. The number of halogens is 4. The Bertz CT molecular complexity index is 830. The van der Waals surface area contributed by atoms with Gasteiger partial charge in [-0.1, -0.05) is 30.3 Å². The second kappa shape index (κ2) is 12.4. The summed E-state index contributed by atoms with van der Waals surface area (Å²) in [5, 5.41) is 8.84. The molecule has 3 N–H and O–H groups in total. The second-order valence-electron chi connectivity index (χ2n) is 6.78.